The number of aromatic amines is 1. The molecule has 1 amide bonds. The molecule has 0 saturated heterocycles. The lowest BCUT2D eigenvalue weighted by Gasteiger charge is -2.08. The summed E-state index contributed by atoms with van der Waals surface area (Å²) in [6.07, 6.45) is 0. The smallest absolute Gasteiger partial charge is 0.234 e. The summed E-state index contributed by atoms with van der Waals surface area (Å²) in [7, 11) is 0. The van der Waals surface area contributed by atoms with Crippen LogP contribution in [0.1, 0.15) is 17.0 Å². The number of halogens is 1. The summed E-state index contributed by atoms with van der Waals surface area (Å²) < 4.78 is 5.68. The lowest BCUT2D eigenvalue weighted by molar-refractivity contribution is -0.113. The van der Waals surface area contributed by atoms with E-state index in [2.05, 4.69) is 20.5 Å². The van der Waals surface area contributed by atoms with Gasteiger partial charge in [-0.05, 0) is 49.2 Å². The third kappa shape index (κ3) is 5.48. The molecule has 2 aromatic carbocycles. The molecular weight excluding hydrogens is 384 g/mol. The summed E-state index contributed by atoms with van der Waals surface area (Å²) in [4.78, 5) is 16.5. The maximum absolute atomic E-state index is 12.1. The highest BCUT2D eigenvalue weighted by Gasteiger charge is 2.10. The molecule has 1 heterocycles. The number of H-pyrrole nitrogens is 1. The van der Waals surface area contributed by atoms with Crippen molar-refractivity contribution in [3.63, 3.8) is 0 Å². The molecule has 0 saturated carbocycles. The summed E-state index contributed by atoms with van der Waals surface area (Å²) in [6, 6.07) is 13.2. The molecule has 140 valence electrons. The number of hydrogen-bond acceptors (Lipinski definition) is 5. The van der Waals surface area contributed by atoms with Crippen molar-refractivity contribution in [2.45, 2.75) is 25.6 Å². The van der Waals surface area contributed by atoms with Gasteiger partial charge in [0.2, 0.25) is 11.1 Å². The molecule has 8 heteroatoms. The van der Waals surface area contributed by atoms with Crippen LogP contribution in [0.3, 0.4) is 0 Å². The zero-order valence-corrected chi connectivity index (χ0v) is 16.5. The number of nitrogens with one attached hydrogen (secondary N) is 2. The number of thioether (sulfide) groups is 1. The van der Waals surface area contributed by atoms with Gasteiger partial charge in [-0.3, -0.25) is 9.89 Å². The molecule has 2 N–H and O–H groups in total. The predicted molar refractivity (Wildman–Crippen MR) is 107 cm³/mol. The minimum Gasteiger partial charge on any atom is -0.486 e. The molecule has 0 atom stereocenters. The van der Waals surface area contributed by atoms with Crippen molar-refractivity contribution < 1.29 is 9.53 Å². The number of nitrogens with zero attached hydrogens (tertiary/aromatic N) is 2. The molecule has 1 aromatic heterocycles. The first-order valence-electron chi connectivity index (χ1n) is 8.30. The highest BCUT2D eigenvalue weighted by molar-refractivity contribution is 7.99. The van der Waals surface area contributed by atoms with E-state index < -0.39 is 0 Å². The number of aryl methyl sites for hydroxylation is 1. The SMILES string of the molecule is Cc1cccc(OCc2nc(SCC(=O)Nc3cccc(Cl)c3C)n[nH]2)c1. The van der Waals surface area contributed by atoms with E-state index in [1.165, 1.54) is 11.8 Å². The fourth-order valence-corrected chi connectivity index (χ4v) is 3.11. The quantitative estimate of drug-likeness (QED) is 0.573. The van der Waals surface area contributed by atoms with Crippen LogP contribution in [0.2, 0.25) is 5.02 Å². The van der Waals surface area contributed by atoms with E-state index in [-0.39, 0.29) is 18.3 Å². The van der Waals surface area contributed by atoms with Crippen LogP contribution >= 0.6 is 23.4 Å². The van der Waals surface area contributed by atoms with Crippen molar-refractivity contribution in [3.8, 4) is 5.75 Å². The average Bonchev–Trinajstić information content (AvgIpc) is 3.10. The lowest BCUT2D eigenvalue weighted by Crippen LogP contribution is -2.15. The van der Waals surface area contributed by atoms with Gasteiger partial charge < -0.3 is 10.1 Å². The summed E-state index contributed by atoms with van der Waals surface area (Å²) >= 11 is 7.31. The van der Waals surface area contributed by atoms with Gasteiger partial charge in [-0.15, -0.1) is 5.10 Å². The molecule has 0 aliphatic rings. The maximum Gasteiger partial charge on any atom is 0.234 e. The van der Waals surface area contributed by atoms with Gasteiger partial charge in [0.1, 0.15) is 12.4 Å². The summed E-state index contributed by atoms with van der Waals surface area (Å²) in [6.45, 7) is 4.15. The lowest BCUT2D eigenvalue weighted by atomic mass is 10.2. The Kier molecular flexibility index (Phi) is 6.36. The Balaban J connectivity index is 1.49. The Morgan fingerprint density at radius 3 is 2.89 bits per heavy atom. The van der Waals surface area contributed by atoms with Gasteiger partial charge >= 0.3 is 0 Å². The normalized spacial score (nSPS) is 10.6. The highest BCUT2D eigenvalue weighted by atomic mass is 35.5. The summed E-state index contributed by atoms with van der Waals surface area (Å²) in [5, 5.41) is 10.9. The Morgan fingerprint density at radius 2 is 2.07 bits per heavy atom. The number of carbonyl (C=O) groups is 1. The van der Waals surface area contributed by atoms with Crippen molar-refractivity contribution in [1.29, 1.82) is 0 Å². The van der Waals surface area contributed by atoms with E-state index in [4.69, 9.17) is 16.3 Å². The number of amides is 1. The van der Waals surface area contributed by atoms with E-state index >= 15 is 0 Å². The number of aromatic nitrogens is 3. The maximum atomic E-state index is 12.1. The van der Waals surface area contributed by atoms with Gasteiger partial charge in [0.25, 0.3) is 0 Å². The monoisotopic (exact) mass is 402 g/mol. The van der Waals surface area contributed by atoms with Crippen LogP contribution in [-0.4, -0.2) is 26.8 Å². The number of carbonyl (C=O) groups excluding carboxylic acids is 1. The van der Waals surface area contributed by atoms with Crippen molar-refractivity contribution in [1.82, 2.24) is 15.2 Å². The first-order valence-corrected chi connectivity index (χ1v) is 9.66. The topological polar surface area (TPSA) is 79.9 Å². The van der Waals surface area contributed by atoms with Crippen molar-refractivity contribution in [2.24, 2.45) is 0 Å². The average molecular weight is 403 g/mol. The molecule has 0 radical (unpaired) electrons. The van der Waals surface area contributed by atoms with Crippen LogP contribution < -0.4 is 10.1 Å². The zero-order chi connectivity index (χ0) is 19.2. The molecule has 0 aliphatic carbocycles. The van der Waals surface area contributed by atoms with Gasteiger partial charge in [-0.1, -0.05) is 41.6 Å². The Morgan fingerprint density at radius 1 is 1.26 bits per heavy atom. The highest BCUT2D eigenvalue weighted by Crippen LogP contribution is 2.23. The van der Waals surface area contributed by atoms with Crippen LogP contribution in [0.25, 0.3) is 0 Å². The van der Waals surface area contributed by atoms with Crippen molar-refractivity contribution in [3.05, 3.63) is 64.4 Å². The molecule has 3 aromatic rings. The minimum atomic E-state index is -0.146. The molecule has 27 heavy (non-hydrogen) atoms. The fraction of sp³-hybridized carbons (Fsp3) is 0.211. The van der Waals surface area contributed by atoms with Gasteiger partial charge in [0, 0.05) is 10.7 Å². The largest absolute Gasteiger partial charge is 0.486 e. The Labute approximate surface area is 166 Å². The first kappa shape index (κ1) is 19.3. The second kappa shape index (κ2) is 8.92. The van der Waals surface area contributed by atoms with E-state index in [0.29, 0.717) is 21.7 Å². The van der Waals surface area contributed by atoms with Crippen LogP contribution in [0, 0.1) is 13.8 Å². The predicted octanol–water partition coefficient (Wildman–Crippen LogP) is 4.38. The third-order valence-electron chi connectivity index (χ3n) is 3.75. The van der Waals surface area contributed by atoms with E-state index in [1.54, 1.807) is 12.1 Å². The standard InChI is InChI=1S/C19H19ClN4O2S/c1-12-5-3-6-14(9-12)26-10-17-22-19(24-23-17)27-11-18(25)21-16-8-4-7-15(20)13(16)2/h3-9H,10-11H2,1-2H3,(H,21,25)(H,22,23,24). The molecular formula is C19H19ClN4O2S. The van der Waals surface area contributed by atoms with E-state index in [9.17, 15) is 4.79 Å². The van der Waals surface area contributed by atoms with Gasteiger partial charge in [-0.2, -0.15) is 0 Å². The van der Waals surface area contributed by atoms with Gasteiger partial charge in [-0.25, -0.2) is 4.98 Å². The minimum absolute atomic E-state index is 0.146. The molecule has 0 aliphatic heterocycles. The van der Waals surface area contributed by atoms with E-state index in [0.717, 1.165) is 16.9 Å². The van der Waals surface area contributed by atoms with E-state index in [1.807, 2.05) is 44.2 Å². The van der Waals surface area contributed by atoms with Crippen LogP contribution in [0.4, 0.5) is 5.69 Å². The van der Waals surface area contributed by atoms with Crippen LogP contribution in [0.5, 0.6) is 5.75 Å². The molecule has 6 nitrogen and oxygen atoms in total. The second-order valence-electron chi connectivity index (χ2n) is 5.92. The fourth-order valence-electron chi connectivity index (χ4n) is 2.32. The Hall–Kier alpha value is -2.51. The number of anilines is 1. The molecule has 0 unspecified atom stereocenters. The van der Waals surface area contributed by atoms with Crippen molar-refractivity contribution >= 4 is 35.0 Å². The number of ether oxygens (including phenoxy) is 1. The molecule has 3 rings (SSSR count). The Bertz CT molecular complexity index is 945. The third-order valence-corrected chi connectivity index (χ3v) is 5.01. The summed E-state index contributed by atoms with van der Waals surface area (Å²) in [5.41, 5.74) is 2.67. The molecule has 0 fully saturated rings. The van der Waals surface area contributed by atoms with Gasteiger partial charge in [0.15, 0.2) is 5.82 Å². The van der Waals surface area contributed by atoms with Gasteiger partial charge in [0.05, 0.1) is 5.75 Å². The number of rotatable bonds is 7. The first-order chi connectivity index (χ1) is 13.0. The van der Waals surface area contributed by atoms with Crippen molar-refractivity contribution in [2.75, 3.05) is 11.1 Å². The molecule has 0 spiro atoms. The number of hydrogen-bond donors (Lipinski definition) is 2. The molecule has 0 bridgehead atoms. The van der Waals surface area contributed by atoms with Crippen LogP contribution in [0.15, 0.2) is 47.6 Å². The number of benzene rings is 2. The van der Waals surface area contributed by atoms with Crippen LogP contribution in [-0.2, 0) is 11.4 Å². The second-order valence-corrected chi connectivity index (χ2v) is 7.27. The summed E-state index contributed by atoms with van der Waals surface area (Å²) in [5.74, 6) is 1.43. The zero-order valence-electron chi connectivity index (χ0n) is 15.0.